The molecule has 0 radical (unpaired) electrons. The SMILES string of the molecule is CN1CC(=O)Nc2ncc(C=CC(=O)N(C)Cc3cc4ccccc4o3)cc2C1.Cl. The second kappa shape index (κ2) is 9.11. The first-order valence-corrected chi connectivity index (χ1v) is 9.36. The normalized spacial score (nSPS) is 14.1. The summed E-state index contributed by atoms with van der Waals surface area (Å²) in [5.74, 6) is 1.10. The number of likely N-dealkylation sites (N-methyl/N-ethyl adjacent to an activating group) is 2. The summed E-state index contributed by atoms with van der Waals surface area (Å²) in [6, 6.07) is 11.7. The maximum absolute atomic E-state index is 12.5. The fraction of sp³-hybridized carbons (Fsp3) is 0.227. The molecular formula is C22H23ClN4O3. The Morgan fingerprint density at radius 1 is 1.30 bits per heavy atom. The van der Waals surface area contributed by atoms with Crippen molar-refractivity contribution in [2.45, 2.75) is 13.1 Å². The number of amides is 2. The average molecular weight is 427 g/mol. The Hall–Kier alpha value is -3.16. The van der Waals surface area contributed by atoms with Gasteiger partial charge in [0.15, 0.2) is 0 Å². The number of para-hydroxylation sites is 1. The molecule has 2 aromatic heterocycles. The lowest BCUT2D eigenvalue weighted by Gasteiger charge is -2.13. The van der Waals surface area contributed by atoms with E-state index in [4.69, 9.17) is 4.42 Å². The molecule has 0 fully saturated rings. The quantitative estimate of drug-likeness (QED) is 0.647. The number of hydrogen-bond acceptors (Lipinski definition) is 5. The third kappa shape index (κ3) is 4.87. The Bertz CT molecular complexity index is 1080. The van der Waals surface area contributed by atoms with E-state index in [2.05, 4.69) is 10.3 Å². The lowest BCUT2D eigenvalue weighted by molar-refractivity contribution is -0.125. The minimum atomic E-state index is -0.134. The van der Waals surface area contributed by atoms with Crippen molar-refractivity contribution in [3.63, 3.8) is 0 Å². The van der Waals surface area contributed by atoms with Crippen molar-refractivity contribution in [2.24, 2.45) is 0 Å². The number of anilines is 1. The van der Waals surface area contributed by atoms with Gasteiger partial charge in [-0.05, 0) is 36.9 Å². The lowest BCUT2D eigenvalue weighted by atomic mass is 10.1. The molecular weight excluding hydrogens is 404 g/mol. The van der Waals surface area contributed by atoms with Crippen LogP contribution >= 0.6 is 12.4 Å². The number of furan rings is 1. The van der Waals surface area contributed by atoms with Gasteiger partial charge in [0.25, 0.3) is 0 Å². The number of hydrogen-bond donors (Lipinski definition) is 1. The Balaban J connectivity index is 0.00000256. The van der Waals surface area contributed by atoms with Crippen molar-refractivity contribution in [3.8, 4) is 0 Å². The summed E-state index contributed by atoms with van der Waals surface area (Å²) in [5, 5.41) is 3.82. The first kappa shape index (κ1) is 21.5. The van der Waals surface area contributed by atoms with Gasteiger partial charge >= 0.3 is 0 Å². The zero-order chi connectivity index (χ0) is 20.4. The van der Waals surface area contributed by atoms with E-state index < -0.39 is 0 Å². The highest BCUT2D eigenvalue weighted by Crippen LogP contribution is 2.21. The molecule has 0 saturated heterocycles. The van der Waals surface area contributed by atoms with Crippen LogP contribution in [0.4, 0.5) is 5.82 Å². The molecule has 8 heteroatoms. The summed E-state index contributed by atoms with van der Waals surface area (Å²) in [7, 11) is 3.62. The zero-order valence-electron chi connectivity index (χ0n) is 16.8. The van der Waals surface area contributed by atoms with E-state index in [1.54, 1.807) is 24.2 Å². The van der Waals surface area contributed by atoms with Crippen LogP contribution in [0.3, 0.4) is 0 Å². The highest BCUT2D eigenvalue weighted by Gasteiger charge is 2.17. The Morgan fingerprint density at radius 3 is 2.90 bits per heavy atom. The summed E-state index contributed by atoms with van der Waals surface area (Å²) in [5.41, 5.74) is 2.54. The third-order valence-electron chi connectivity index (χ3n) is 4.76. The van der Waals surface area contributed by atoms with Crippen LogP contribution in [0.25, 0.3) is 17.0 Å². The second-order valence-electron chi connectivity index (χ2n) is 7.28. The molecule has 3 aromatic rings. The van der Waals surface area contributed by atoms with Crippen molar-refractivity contribution < 1.29 is 14.0 Å². The van der Waals surface area contributed by atoms with Gasteiger partial charge in [-0.3, -0.25) is 14.5 Å². The molecule has 156 valence electrons. The van der Waals surface area contributed by atoms with Gasteiger partial charge in [-0.25, -0.2) is 4.98 Å². The van der Waals surface area contributed by atoms with E-state index >= 15 is 0 Å². The number of halogens is 1. The fourth-order valence-electron chi connectivity index (χ4n) is 3.34. The van der Waals surface area contributed by atoms with Gasteiger partial charge < -0.3 is 14.6 Å². The molecule has 0 unspecified atom stereocenters. The van der Waals surface area contributed by atoms with E-state index in [1.807, 2.05) is 48.3 Å². The van der Waals surface area contributed by atoms with Crippen LogP contribution in [-0.2, 0) is 22.7 Å². The predicted octanol–water partition coefficient (Wildman–Crippen LogP) is 3.31. The number of rotatable bonds is 4. The first-order chi connectivity index (χ1) is 14.0. The zero-order valence-corrected chi connectivity index (χ0v) is 17.6. The number of nitrogens with zero attached hydrogens (tertiary/aromatic N) is 3. The number of carbonyl (C=O) groups is 2. The standard InChI is InChI=1S/C22H22N4O3.ClH/c1-25-12-17-9-15(11-23-22(17)24-20(27)14-25)7-8-21(28)26(2)13-18-10-16-5-3-4-6-19(16)29-18;/h3-11H,12-14H2,1-2H3,(H,23,24,27);1H. The molecule has 1 aliphatic rings. The molecule has 0 saturated carbocycles. The van der Waals surface area contributed by atoms with Crippen molar-refractivity contribution >= 4 is 47.1 Å². The maximum atomic E-state index is 12.5. The second-order valence-corrected chi connectivity index (χ2v) is 7.28. The number of aromatic nitrogens is 1. The smallest absolute Gasteiger partial charge is 0.246 e. The van der Waals surface area contributed by atoms with Crippen LogP contribution in [0, 0.1) is 0 Å². The first-order valence-electron chi connectivity index (χ1n) is 9.36. The van der Waals surface area contributed by atoms with Gasteiger partial charge in [0.05, 0.1) is 13.1 Å². The fourth-order valence-corrected chi connectivity index (χ4v) is 3.34. The molecule has 1 aliphatic heterocycles. The molecule has 30 heavy (non-hydrogen) atoms. The van der Waals surface area contributed by atoms with Crippen molar-refractivity contribution in [2.75, 3.05) is 26.0 Å². The molecule has 0 atom stereocenters. The van der Waals surface area contributed by atoms with Gasteiger partial charge in [-0.1, -0.05) is 18.2 Å². The van der Waals surface area contributed by atoms with E-state index in [-0.39, 0.29) is 24.2 Å². The molecule has 0 spiro atoms. The Kier molecular flexibility index (Phi) is 6.54. The molecule has 7 nitrogen and oxygen atoms in total. The number of benzene rings is 1. The number of nitrogens with one attached hydrogen (secondary N) is 1. The molecule has 4 rings (SSSR count). The van der Waals surface area contributed by atoms with Crippen molar-refractivity contribution in [1.82, 2.24) is 14.8 Å². The van der Waals surface area contributed by atoms with Gasteiger partial charge in [0.1, 0.15) is 17.2 Å². The van der Waals surface area contributed by atoms with Gasteiger partial charge in [0, 0.05) is 36.8 Å². The average Bonchev–Trinajstić information content (AvgIpc) is 3.02. The predicted molar refractivity (Wildman–Crippen MR) is 118 cm³/mol. The van der Waals surface area contributed by atoms with Crippen LogP contribution in [0.15, 0.2) is 53.1 Å². The largest absolute Gasteiger partial charge is 0.459 e. The molecule has 2 amide bonds. The van der Waals surface area contributed by atoms with Crippen LogP contribution in [-0.4, -0.2) is 47.2 Å². The monoisotopic (exact) mass is 426 g/mol. The number of pyridine rings is 1. The van der Waals surface area contributed by atoms with Crippen LogP contribution < -0.4 is 5.32 Å². The summed E-state index contributed by atoms with van der Waals surface area (Å²) >= 11 is 0. The highest BCUT2D eigenvalue weighted by molar-refractivity contribution is 5.93. The minimum Gasteiger partial charge on any atom is -0.459 e. The van der Waals surface area contributed by atoms with E-state index in [0.717, 1.165) is 27.9 Å². The molecule has 1 N–H and O–H groups in total. The van der Waals surface area contributed by atoms with Crippen molar-refractivity contribution in [3.05, 3.63) is 65.6 Å². The Labute approximate surface area is 180 Å². The van der Waals surface area contributed by atoms with Gasteiger partial charge in [-0.15, -0.1) is 12.4 Å². The van der Waals surface area contributed by atoms with E-state index in [1.165, 1.54) is 6.08 Å². The summed E-state index contributed by atoms with van der Waals surface area (Å²) in [4.78, 5) is 32.1. The summed E-state index contributed by atoms with van der Waals surface area (Å²) < 4.78 is 5.78. The van der Waals surface area contributed by atoms with E-state index in [9.17, 15) is 9.59 Å². The van der Waals surface area contributed by atoms with Gasteiger partial charge in [0.2, 0.25) is 11.8 Å². The molecule has 1 aromatic carbocycles. The minimum absolute atomic E-state index is 0. The maximum Gasteiger partial charge on any atom is 0.246 e. The summed E-state index contributed by atoms with van der Waals surface area (Å²) in [6.07, 6.45) is 4.90. The van der Waals surface area contributed by atoms with Crippen molar-refractivity contribution in [1.29, 1.82) is 0 Å². The molecule has 3 heterocycles. The molecule has 0 bridgehead atoms. The lowest BCUT2D eigenvalue weighted by Crippen LogP contribution is -2.26. The molecule has 0 aliphatic carbocycles. The highest BCUT2D eigenvalue weighted by atomic mass is 35.5. The summed E-state index contributed by atoms with van der Waals surface area (Å²) in [6.45, 7) is 1.33. The number of carbonyl (C=O) groups excluding carboxylic acids is 2. The third-order valence-corrected chi connectivity index (χ3v) is 4.76. The topological polar surface area (TPSA) is 78.7 Å². The van der Waals surface area contributed by atoms with Crippen LogP contribution in [0.5, 0.6) is 0 Å². The van der Waals surface area contributed by atoms with E-state index in [0.29, 0.717) is 25.5 Å². The van der Waals surface area contributed by atoms with Gasteiger partial charge in [-0.2, -0.15) is 0 Å². The van der Waals surface area contributed by atoms with Crippen LogP contribution in [0.1, 0.15) is 16.9 Å². The number of fused-ring (bicyclic) bond motifs is 2. The van der Waals surface area contributed by atoms with Crippen LogP contribution in [0.2, 0.25) is 0 Å². The Morgan fingerprint density at radius 2 is 2.10 bits per heavy atom.